The minimum absolute atomic E-state index is 0. The summed E-state index contributed by atoms with van der Waals surface area (Å²) < 4.78 is 0. The molecule has 0 heterocycles. The SMILES string of the molecule is CCCNCCC.[LiH]. The zero-order valence-electron chi connectivity index (χ0n) is 5.33. The first kappa shape index (κ1) is 11.4. The molecule has 0 saturated heterocycles. The summed E-state index contributed by atoms with van der Waals surface area (Å²) in [4.78, 5) is 0. The molecule has 0 bridgehead atoms. The van der Waals surface area contributed by atoms with Crippen molar-refractivity contribution in [1.29, 1.82) is 0 Å². The molecule has 46 valence electrons. The molecule has 0 spiro atoms. The molecule has 0 unspecified atom stereocenters. The van der Waals surface area contributed by atoms with Gasteiger partial charge < -0.3 is 5.32 Å². The molecule has 0 aromatic carbocycles. The standard InChI is InChI=1S/C6H15N.Li.H/c1-3-5-7-6-4-2;;/h7H,3-6H2,1-2H3;;. The molecule has 8 heavy (non-hydrogen) atoms. The van der Waals surface area contributed by atoms with Crippen LogP contribution in [0.4, 0.5) is 0 Å². The second kappa shape index (κ2) is 10.5. The molecule has 0 aliphatic heterocycles. The Balaban J connectivity index is 0. The topological polar surface area (TPSA) is 12.0 Å². The number of nitrogens with one attached hydrogen (secondary N) is 1. The van der Waals surface area contributed by atoms with Gasteiger partial charge in [-0.05, 0) is 25.9 Å². The van der Waals surface area contributed by atoms with Gasteiger partial charge in [0.2, 0.25) is 0 Å². The number of rotatable bonds is 4. The Morgan fingerprint density at radius 1 is 1.00 bits per heavy atom. The van der Waals surface area contributed by atoms with Crippen LogP contribution in [0.3, 0.4) is 0 Å². The molecule has 1 N–H and O–H groups in total. The van der Waals surface area contributed by atoms with E-state index in [-0.39, 0.29) is 18.9 Å². The van der Waals surface area contributed by atoms with E-state index in [9.17, 15) is 0 Å². The Labute approximate surface area is 64.4 Å². The summed E-state index contributed by atoms with van der Waals surface area (Å²) in [5.74, 6) is 0. The molecule has 0 aliphatic rings. The monoisotopic (exact) mass is 109 g/mol. The van der Waals surface area contributed by atoms with Gasteiger partial charge in [0.15, 0.2) is 0 Å². The molecular weight excluding hydrogens is 93.0 g/mol. The van der Waals surface area contributed by atoms with Crippen molar-refractivity contribution < 1.29 is 0 Å². The molecule has 0 aliphatic carbocycles. The first-order valence-corrected chi connectivity index (χ1v) is 3.12. The third-order valence-electron chi connectivity index (χ3n) is 0.854. The molecule has 0 fully saturated rings. The van der Waals surface area contributed by atoms with Gasteiger partial charge in [-0.25, -0.2) is 0 Å². The summed E-state index contributed by atoms with van der Waals surface area (Å²) in [5.41, 5.74) is 0. The van der Waals surface area contributed by atoms with Crippen molar-refractivity contribution in [3.05, 3.63) is 0 Å². The Kier molecular flexibility index (Phi) is 14.9. The average molecular weight is 109 g/mol. The van der Waals surface area contributed by atoms with Crippen LogP contribution in [0, 0.1) is 0 Å². The predicted molar refractivity (Wildman–Crippen MR) is 40.6 cm³/mol. The van der Waals surface area contributed by atoms with Crippen LogP contribution in [0.5, 0.6) is 0 Å². The van der Waals surface area contributed by atoms with Crippen molar-refractivity contribution in [2.75, 3.05) is 13.1 Å². The molecule has 0 radical (unpaired) electrons. The van der Waals surface area contributed by atoms with E-state index in [1.54, 1.807) is 0 Å². The molecule has 0 amide bonds. The van der Waals surface area contributed by atoms with Gasteiger partial charge >= 0.3 is 18.9 Å². The zero-order valence-corrected chi connectivity index (χ0v) is 5.33. The quantitative estimate of drug-likeness (QED) is 0.415. The van der Waals surface area contributed by atoms with E-state index in [1.165, 1.54) is 25.9 Å². The number of hydrogen-bond acceptors (Lipinski definition) is 1. The fraction of sp³-hybridized carbons (Fsp3) is 1.00. The summed E-state index contributed by atoms with van der Waals surface area (Å²) >= 11 is 0. The molecule has 0 aromatic rings. The van der Waals surface area contributed by atoms with Gasteiger partial charge in [0.05, 0.1) is 0 Å². The van der Waals surface area contributed by atoms with Crippen LogP contribution < -0.4 is 5.32 Å². The van der Waals surface area contributed by atoms with Gasteiger partial charge in [-0.2, -0.15) is 0 Å². The van der Waals surface area contributed by atoms with Crippen LogP contribution in [-0.2, 0) is 0 Å². The molecule has 0 atom stereocenters. The third kappa shape index (κ3) is 9.75. The van der Waals surface area contributed by atoms with Crippen molar-refractivity contribution in [2.45, 2.75) is 26.7 Å². The summed E-state index contributed by atoms with van der Waals surface area (Å²) in [6.07, 6.45) is 2.50. The average Bonchev–Trinajstić information content (AvgIpc) is 1.69. The van der Waals surface area contributed by atoms with Gasteiger partial charge in [-0.3, -0.25) is 0 Å². The summed E-state index contributed by atoms with van der Waals surface area (Å²) in [7, 11) is 0. The zero-order chi connectivity index (χ0) is 5.54. The van der Waals surface area contributed by atoms with Gasteiger partial charge in [0.1, 0.15) is 0 Å². The summed E-state index contributed by atoms with van der Waals surface area (Å²) in [5, 5.41) is 3.28. The van der Waals surface area contributed by atoms with Crippen LogP contribution in [0.2, 0.25) is 0 Å². The van der Waals surface area contributed by atoms with Crippen LogP contribution in [-0.4, -0.2) is 32.0 Å². The van der Waals surface area contributed by atoms with Crippen LogP contribution in [0.1, 0.15) is 26.7 Å². The second-order valence-corrected chi connectivity index (χ2v) is 1.75. The number of hydrogen-bond donors (Lipinski definition) is 1. The van der Waals surface area contributed by atoms with Crippen LogP contribution in [0.25, 0.3) is 0 Å². The van der Waals surface area contributed by atoms with Crippen LogP contribution >= 0.6 is 0 Å². The molecule has 1 nitrogen and oxygen atoms in total. The van der Waals surface area contributed by atoms with E-state index < -0.39 is 0 Å². The molecule has 0 aromatic heterocycles. The fourth-order valence-corrected chi connectivity index (χ4v) is 0.479. The fourth-order valence-electron chi connectivity index (χ4n) is 0.479. The first-order valence-electron chi connectivity index (χ1n) is 3.12. The molecule has 0 saturated carbocycles. The molecular formula is C6H16LiN. The third-order valence-corrected chi connectivity index (χ3v) is 0.854. The summed E-state index contributed by atoms with van der Waals surface area (Å²) in [6.45, 7) is 6.72. The second-order valence-electron chi connectivity index (χ2n) is 1.75. The van der Waals surface area contributed by atoms with Gasteiger partial charge in [0, 0.05) is 0 Å². The Bertz CT molecular complexity index is 27.7. The van der Waals surface area contributed by atoms with Crippen LogP contribution in [0.15, 0.2) is 0 Å². The normalized spacial score (nSPS) is 8.25. The Morgan fingerprint density at radius 3 is 1.62 bits per heavy atom. The van der Waals surface area contributed by atoms with Crippen molar-refractivity contribution in [2.24, 2.45) is 0 Å². The van der Waals surface area contributed by atoms with E-state index >= 15 is 0 Å². The Hall–Kier alpha value is 0.557. The molecule has 0 rings (SSSR count). The maximum atomic E-state index is 3.28. The van der Waals surface area contributed by atoms with Crippen molar-refractivity contribution in [3.63, 3.8) is 0 Å². The van der Waals surface area contributed by atoms with E-state index in [0.29, 0.717) is 0 Å². The van der Waals surface area contributed by atoms with Crippen molar-refractivity contribution in [3.8, 4) is 0 Å². The maximum absolute atomic E-state index is 3.28. The van der Waals surface area contributed by atoms with E-state index in [2.05, 4.69) is 19.2 Å². The minimum atomic E-state index is 0. The summed E-state index contributed by atoms with van der Waals surface area (Å²) in [6, 6.07) is 0. The molecule has 2 heteroatoms. The van der Waals surface area contributed by atoms with Gasteiger partial charge in [0.25, 0.3) is 0 Å². The van der Waals surface area contributed by atoms with Crippen molar-refractivity contribution in [1.82, 2.24) is 5.32 Å². The Morgan fingerprint density at radius 2 is 1.38 bits per heavy atom. The van der Waals surface area contributed by atoms with E-state index in [4.69, 9.17) is 0 Å². The van der Waals surface area contributed by atoms with E-state index in [0.717, 1.165) is 0 Å². The van der Waals surface area contributed by atoms with Crippen molar-refractivity contribution >= 4 is 18.9 Å². The predicted octanol–water partition coefficient (Wildman–Crippen LogP) is 0.747. The van der Waals surface area contributed by atoms with Gasteiger partial charge in [-0.15, -0.1) is 0 Å². The van der Waals surface area contributed by atoms with Gasteiger partial charge in [-0.1, -0.05) is 13.8 Å². The first-order chi connectivity index (χ1) is 3.41. The van der Waals surface area contributed by atoms with E-state index in [1.807, 2.05) is 0 Å².